The largest absolute Gasteiger partial charge is 0.493 e. The lowest BCUT2D eigenvalue weighted by molar-refractivity contribution is 0.230. The first-order valence-corrected chi connectivity index (χ1v) is 11.3. The minimum atomic E-state index is -0.114. The summed E-state index contributed by atoms with van der Waals surface area (Å²) in [5.41, 5.74) is 1.72. The van der Waals surface area contributed by atoms with Crippen LogP contribution in [-0.2, 0) is 0 Å². The van der Waals surface area contributed by atoms with Crippen molar-refractivity contribution in [2.75, 3.05) is 7.11 Å². The molecule has 2 heterocycles. The van der Waals surface area contributed by atoms with E-state index in [2.05, 4.69) is 5.10 Å². The van der Waals surface area contributed by atoms with Crippen LogP contribution in [0.4, 0.5) is 5.82 Å². The van der Waals surface area contributed by atoms with Crippen molar-refractivity contribution in [3.8, 4) is 11.5 Å². The molecule has 0 unspecified atom stereocenters. The van der Waals surface area contributed by atoms with Crippen LogP contribution in [0, 0.1) is 0 Å². The zero-order chi connectivity index (χ0) is 20.5. The molecule has 156 valence electrons. The average molecular weight is 416 g/mol. The maximum Gasteiger partial charge on any atom is 0.271 e. The molecular weight excluding hydrogens is 386 g/mol. The van der Waals surface area contributed by atoms with E-state index in [0.717, 1.165) is 34.8 Å². The van der Waals surface area contributed by atoms with Gasteiger partial charge in [-0.3, -0.25) is 14.6 Å². The van der Waals surface area contributed by atoms with E-state index in [9.17, 15) is 4.79 Å². The highest BCUT2D eigenvalue weighted by molar-refractivity contribution is 8.14. The van der Waals surface area contributed by atoms with Gasteiger partial charge in [-0.25, -0.2) is 4.99 Å². The predicted molar refractivity (Wildman–Crippen MR) is 118 cm³/mol. The first-order valence-electron chi connectivity index (χ1n) is 10.4. The Morgan fingerprint density at radius 1 is 1.21 bits per heavy atom. The van der Waals surface area contributed by atoms with Crippen molar-refractivity contribution < 1.29 is 9.47 Å². The molecule has 0 amide bonds. The Balaban J connectivity index is 1.77. The van der Waals surface area contributed by atoms with Crippen molar-refractivity contribution >= 4 is 22.6 Å². The quantitative estimate of drug-likeness (QED) is 0.713. The summed E-state index contributed by atoms with van der Waals surface area (Å²) >= 11 is 1.62. The van der Waals surface area contributed by atoms with Gasteiger partial charge in [0.1, 0.15) is 0 Å². The van der Waals surface area contributed by atoms with Crippen LogP contribution in [0.2, 0.25) is 0 Å². The van der Waals surface area contributed by atoms with Crippen LogP contribution in [0.3, 0.4) is 0 Å². The van der Waals surface area contributed by atoms with E-state index >= 15 is 0 Å². The number of aromatic nitrogens is 2. The zero-order valence-electron chi connectivity index (χ0n) is 17.5. The molecule has 1 aliphatic carbocycles. The number of fused-ring (bicyclic) bond motifs is 1. The van der Waals surface area contributed by atoms with Gasteiger partial charge >= 0.3 is 0 Å². The van der Waals surface area contributed by atoms with Gasteiger partial charge in [0.05, 0.1) is 35.1 Å². The molecule has 1 aromatic carbocycles. The normalized spacial score (nSPS) is 19.8. The van der Waals surface area contributed by atoms with Crippen molar-refractivity contribution in [3.05, 3.63) is 39.7 Å². The maximum atomic E-state index is 13.0. The second kappa shape index (κ2) is 8.30. The number of aliphatic imine (C=N–C) groups is 1. The van der Waals surface area contributed by atoms with Gasteiger partial charge in [-0.2, -0.15) is 0 Å². The summed E-state index contributed by atoms with van der Waals surface area (Å²) in [6.07, 6.45) is 5.91. The van der Waals surface area contributed by atoms with E-state index in [-0.39, 0.29) is 16.9 Å². The fourth-order valence-corrected chi connectivity index (χ4v) is 5.34. The Hall–Kier alpha value is -2.15. The molecular formula is C22H29N3O3S. The average Bonchev–Trinajstić information content (AvgIpc) is 3.04. The third-order valence-electron chi connectivity index (χ3n) is 5.54. The Bertz CT molecular complexity index is 970. The van der Waals surface area contributed by atoms with Crippen LogP contribution in [0.15, 0.2) is 28.0 Å². The van der Waals surface area contributed by atoms with Gasteiger partial charge in [0, 0.05) is 0 Å². The van der Waals surface area contributed by atoms with Crippen LogP contribution in [0.5, 0.6) is 11.5 Å². The molecule has 1 fully saturated rings. The summed E-state index contributed by atoms with van der Waals surface area (Å²) in [4.78, 5) is 17.8. The maximum absolute atomic E-state index is 13.0. The van der Waals surface area contributed by atoms with Crippen LogP contribution in [-0.4, -0.2) is 28.0 Å². The Kier molecular flexibility index (Phi) is 5.76. The van der Waals surface area contributed by atoms with E-state index < -0.39 is 0 Å². The van der Waals surface area contributed by atoms with Crippen LogP contribution >= 0.6 is 11.8 Å². The molecule has 1 aromatic heterocycles. The van der Waals surface area contributed by atoms with Crippen molar-refractivity contribution in [3.63, 3.8) is 0 Å². The lowest BCUT2D eigenvalue weighted by Gasteiger charge is -2.26. The summed E-state index contributed by atoms with van der Waals surface area (Å²) in [6.45, 7) is 6.00. The number of thioether (sulfide) groups is 1. The Morgan fingerprint density at radius 2 is 1.97 bits per heavy atom. The zero-order valence-corrected chi connectivity index (χ0v) is 18.3. The monoisotopic (exact) mass is 415 g/mol. The van der Waals surface area contributed by atoms with Crippen molar-refractivity contribution in [1.29, 1.82) is 0 Å². The second-order valence-corrected chi connectivity index (χ2v) is 9.34. The number of benzene rings is 1. The first-order chi connectivity index (χ1) is 14.0. The molecule has 2 aromatic rings. The van der Waals surface area contributed by atoms with E-state index in [1.165, 1.54) is 19.3 Å². The highest BCUT2D eigenvalue weighted by Gasteiger charge is 2.32. The number of ether oxygens (including phenoxy) is 2. The van der Waals surface area contributed by atoms with E-state index in [4.69, 9.17) is 14.5 Å². The molecule has 0 saturated heterocycles. The van der Waals surface area contributed by atoms with Crippen molar-refractivity contribution in [2.45, 2.75) is 70.3 Å². The number of methoxy groups -OCH3 is 1. The third-order valence-corrected chi connectivity index (χ3v) is 6.72. The molecule has 2 aliphatic rings. The number of hydrogen-bond acceptors (Lipinski definition) is 5. The van der Waals surface area contributed by atoms with E-state index in [1.807, 2.05) is 43.7 Å². The molecule has 6 nitrogen and oxygen atoms in total. The number of rotatable bonds is 5. The SMILES string of the molecule is COc1ccc([C@@H]2SC(C)=Nc3c2c(=O)[nH]n3C2CCCCC2)cc1OC(C)C. The first kappa shape index (κ1) is 20.1. The molecule has 1 N–H and O–H groups in total. The summed E-state index contributed by atoms with van der Waals surface area (Å²) in [6, 6.07) is 6.26. The number of aromatic amines is 1. The van der Waals surface area contributed by atoms with Crippen LogP contribution in [0.25, 0.3) is 0 Å². The molecule has 1 atom stereocenters. The lowest BCUT2D eigenvalue weighted by atomic mass is 9.95. The van der Waals surface area contributed by atoms with E-state index in [0.29, 0.717) is 17.5 Å². The molecule has 0 bridgehead atoms. The molecule has 0 radical (unpaired) electrons. The van der Waals surface area contributed by atoms with Gasteiger partial charge < -0.3 is 9.47 Å². The summed E-state index contributed by atoms with van der Waals surface area (Å²) in [5, 5.41) is 3.95. The Labute approximate surface area is 175 Å². The predicted octanol–water partition coefficient (Wildman–Crippen LogP) is 5.36. The van der Waals surface area contributed by atoms with Crippen molar-refractivity contribution in [2.24, 2.45) is 4.99 Å². The summed E-state index contributed by atoms with van der Waals surface area (Å²) < 4.78 is 13.4. The molecule has 1 aliphatic heterocycles. The molecule has 4 rings (SSSR count). The van der Waals surface area contributed by atoms with Crippen molar-refractivity contribution in [1.82, 2.24) is 9.78 Å². The smallest absolute Gasteiger partial charge is 0.271 e. The standard InChI is InChI=1S/C22H29N3O3S/c1-13(2)28-18-12-15(10-11-17(18)27-4)20-19-21(23-14(3)29-20)25(24-22(19)26)16-8-6-5-7-9-16/h10-13,16,20H,5-9H2,1-4H3,(H,24,26)/t20-/m0/s1. The fraction of sp³-hybridized carbons (Fsp3) is 0.545. The van der Waals surface area contributed by atoms with Gasteiger partial charge in [0.25, 0.3) is 5.56 Å². The summed E-state index contributed by atoms with van der Waals surface area (Å²) in [5.74, 6) is 2.19. The minimum absolute atomic E-state index is 0.0350. The Morgan fingerprint density at radius 3 is 2.66 bits per heavy atom. The van der Waals surface area contributed by atoms with Crippen LogP contribution < -0.4 is 15.0 Å². The lowest BCUT2D eigenvalue weighted by Crippen LogP contribution is -2.16. The number of H-pyrrole nitrogens is 1. The minimum Gasteiger partial charge on any atom is -0.493 e. The van der Waals surface area contributed by atoms with Gasteiger partial charge in [0.15, 0.2) is 17.3 Å². The number of nitrogens with zero attached hydrogens (tertiary/aromatic N) is 2. The van der Waals surface area contributed by atoms with Gasteiger partial charge in [-0.05, 0) is 51.3 Å². The topological polar surface area (TPSA) is 68.6 Å². The third kappa shape index (κ3) is 3.97. The van der Waals surface area contributed by atoms with Gasteiger partial charge in [-0.1, -0.05) is 37.1 Å². The van der Waals surface area contributed by atoms with Gasteiger partial charge in [0.2, 0.25) is 0 Å². The second-order valence-electron chi connectivity index (χ2n) is 8.05. The summed E-state index contributed by atoms with van der Waals surface area (Å²) in [7, 11) is 1.64. The molecule has 1 saturated carbocycles. The molecule has 0 spiro atoms. The highest BCUT2D eigenvalue weighted by atomic mass is 32.2. The molecule has 7 heteroatoms. The van der Waals surface area contributed by atoms with Gasteiger partial charge in [-0.15, -0.1) is 0 Å². The highest BCUT2D eigenvalue weighted by Crippen LogP contribution is 2.46. The van der Waals surface area contributed by atoms with E-state index in [1.54, 1.807) is 18.9 Å². The fourth-order valence-electron chi connectivity index (χ4n) is 4.25. The number of hydrogen-bond donors (Lipinski definition) is 1. The van der Waals surface area contributed by atoms with Crippen LogP contribution in [0.1, 0.15) is 75.3 Å². The molecule has 29 heavy (non-hydrogen) atoms. The number of nitrogens with one attached hydrogen (secondary N) is 1.